The van der Waals surface area contributed by atoms with Crippen LogP contribution in [0.15, 0.2) is 24.3 Å². The molecule has 1 aromatic carbocycles. The van der Waals surface area contributed by atoms with E-state index in [1.807, 2.05) is 24.3 Å². The molecule has 0 aliphatic heterocycles. The summed E-state index contributed by atoms with van der Waals surface area (Å²) in [7, 11) is 0. The zero-order valence-corrected chi connectivity index (χ0v) is 11.7. The maximum Gasteiger partial charge on any atom is 0.344 e. The van der Waals surface area contributed by atoms with Gasteiger partial charge in [0.1, 0.15) is 5.52 Å². The van der Waals surface area contributed by atoms with Crippen molar-refractivity contribution in [2.24, 2.45) is 11.8 Å². The van der Waals surface area contributed by atoms with Crippen LogP contribution in [-0.4, -0.2) is 27.6 Å². The van der Waals surface area contributed by atoms with Gasteiger partial charge in [0.15, 0.2) is 0 Å². The zero-order chi connectivity index (χ0) is 13.9. The first-order chi connectivity index (χ1) is 9.75. The molecule has 2 unspecified atom stereocenters. The first-order valence-electron chi connectivity index (χ1n) is 7.34. The standard InChI is InChI=1S/C15H20N4O/c1-11-6-2-3-7-12(11)10-16-15(20)19-14-9-5-4-8-13(14)17-18-19/h4-5,8-9,11-12H,2-3,6-7,10H2,1H3,(H,16,20). The number of hydrogen-bond acceptors (Lipinski definition) is 3. The fraction of sp³-hybridized carbons (Fsp3) is 0.533. The van der Waals surface area contributed by atoms with Gasteiger partial charge in [0, 0.05) is 6.54 Å². The number of hydrogen-bond donors (Lipinski definition) is 1. The van der Waals surface area contributed by atoms with Gasteiger partial charge in [0.05, 0.1) is 5.52 Å². The van der Waals surface area contributed by atoms with Crippen LogP contribution >= 0.6 is 0 Å². The van der Waals surface area contributed by atoms with E-state index in [2.05, 4.69) is 22.6 Å². The van der Waals surface area contributed by atoms with Gasteiger partial charge in [-0.05, 0) is 30.4 Å². The summed E-state index contributed by atoms with van der Waals surface area (Å²) in [5, 5.41) is 10.9. The minimum Gasteiger partial charge on any atom is -0.336 e. The normalized spacial score (nSPS) is 22.9. The second-order valence-corrected chi connectivity index (χ2v) is 5.70. The molecule has 106 valence electrons. The molecule has 1 amide bonds. The van der Waals surface area contributed by atoms with E-state index in [1.165, 1.54) is 30.4 Å². The molecule has 1 saturated carbocycles. The largest absolute Gasteiger partial charge is 0.344 e. The highest BCUT2D eigenvalue weighted by atomic mass is 16.2. The van der Waals surface area contributed by atoms with Gasteiger partial charge >= 0.3 is 6.03 Å². The first kappa shape index (κ1) is 13.1. The van der Waals surface area contributed by atoms with Gasteiger partial charge in [-0.3, -0.25) is 0 Å². The molecule has 0 spiro atoms. The first-order valence-corrected chi connectivity index (χ1v) is 7.34. The van der Waals surface area contributed by atoms with E-state index in [-0.39, 0.29) is 6.03 Å². The number of carbonyl (C=O) groups excluding carboxylic acids is 1. The summed E-state index contributed by atoms with van der Waals surface area (Å²) in [6.45, 7) is 3.01. The third-order valence-electron chi connectivity index (χ3n) is 4.35. The lowest BCUT2D eigenvalue weighted by molar-refractivity contribution is 0.223. The molecule has 1 heterocycles. The summed E-state index contributed by atoms with van der Waals surface area (Å²) >= 11 is 0. The number of aromatic nitrogens is 3. The minimum atomic E-state index is -0.184. The molecule has 1 N–H and O–H groups in total. The molecule has 5 heteroatoms. The quantitative estimate of drug-likeness (QED) is 0.914. The molecule has 0 saturated heterocycles. The van der Waals surface area contributed by atoms with Crippen molar-refractivity contribution in [2.45, 2.75) is 32.6 Å². The number of rotatable bonds is 2. The third kappa shape index (κ3) is 2.53. The summed E-state index contributed by atoms with van der Waals surface area (Å²) in [6, 6.07) is 7.31. The number of carbonyl (C=O) groups is 1. The van der Waals surface area contributed by atoms with Crippen LogP contribution in [0.2, 0.25) is 0 Å². The molecule has 2 aromatic rings. The molecule has 1 aliphatic carbocycles. The third-order valence-corrected chi connectivity index (χ3v) is 4.35. The second kappa shape index (κ2) is 5.61. The average Bonchev–Trinajstić information content (AvgIpc) is 2.90. The Bertz CT molecular complexity index is 607. The van der Waals surface area contributed by atoms with Crippen LogP contribution in [-0.2, 0) is 0 Å². The summed E-state index contributed by atoms with van der Waals surface area (Å²) in [4.78, 5) is 12.2. The second-order valence-electron chi connectivity index (χ2n) is 5.70. The van der Waals surface area contributed by atoms with E-state index in [0.717, 1.165) is 17.6 Å². The van der Waals surface area contributed by atoms with Crippen molar-refractivity contribution in [1.82, 2.24) is 20.3 Å². The fourth-order valence-corrected chi connectivity index (χ4v) is 3.01. The lowest BCUT2D eigenvalue weighted by Gasteiger charge is -2.28. The molecular formula is C15H20N4O. The minimum absolute atomic E-state index is 0.184. The highest BCUT2D eigenvalue weighted by molar-refractivity contribution is 5.87. The molecule has 1 aliphatic rings. The fourth-order valence-electron chi connectivity index (χ4n) is 3.01. The van der Waals surface area contributed by atoms with Crippen molar-refractivity contribution >= 4 is 17.1 Å². The number of fused-ring (bicyclic) bond motifs is 1. The lowest BCUT2D eigenvalue weighted by Crippen LogP contribution is -2.36. The van der Waals surface area contributed by atoms with Crippen LogP contribution < -0.4 is 5.32 Å². The molecule has 2 atom stereocenters. The van der Waals surface area contributed by atoms with Crippen LogP contribution in [0, 0.1) is 11.8 Å². The summed E-state index contributed by atoms with van der Waals surface area (Å²) in [5.74, 6) is 1.28. The Morgan fingerprint density at radius 1 is 1.35 bits per heavy atom. The molecule has 3 rings (SSSR count). The molecular weight excluding hydrogens is 252 g/mol. The van der Waals surface area contributed by atoms with Crippen LogP contribution in [0.25, 0.3) is 11.0 Å². The highest BCUT2D eigenvalue weighted by Gasteiger charge is 2.22. The lowest BCUT2D eigenvalue weighted by atomic mass is 9.80. The summed E-state index contributed by atoms with van der Waals surface area (Å²) in [5.41, 5.74) is 1.50. The zero-order valence-electron chi connectivity index (χ0n) is 11.7. The molecule has 1 aromatic heterocycles. The molecule has 0 bridgehead atoms. The van der Waals surface area contributed by atoms with Gasteiger partial charge < -0.3 is 5.32 Å². The monoisotopic (exact) mass is 272 g/mol. The van der Waals surface area contributed by atoms with Crippen LogP contribution in [0.5, 0.6) is 0 Å². The van der Waals surface area contributed by atoms with Crippen molar-refractivity contribution in [2.75, 3.05) is 6.54 Å². The Balaban J connectivity index is 1.67. The van der Waals surface area contributed by atoms with Gasteiger partial charge in [0.2, 0.25) is 0 Å². The van der Waals surface area contributed by atoms with E-state index in [9.17, 15) is 4.79 Å². The number of amides is 1. The van der Waals surface area contributed by atoms with Gasteiger partial charge in [-0.2, -0.15) is 4.68 Å². The smallest absolute Gasteiger partial charge is 0.336 e. The Morgan fingerprint density at radius 2 is 2.15 bits per heavy atom. The van der Waals surface area contributed by atoms with Crippen molar-refractivity contribution in [1.29, 1.82) is 0 Å². The van der Waals surface area contributed by atoms with Crippen molar-refractivity contribution in [3.63, 3.8) is 0 Å². The topological polar surface area (TPSA) is 59.8 Å². The summed E-state index contributed by atoms with van der Waals surface area (Å²) < 4.78 is 1.35. The van der Waals surface area contributed by atoms with Crippen LogP contribution in [0.4, 0.5) is 4.79 Å². The number of para-hydroxylation sites is 1. The Morgan fingerprint density at radius 3 is 3.00 bits per heavy atom. The maximum atomic E-state index is 12.2. The maximum absolute atomic E-state index is 12.2. The summed E-state index contributed by atoms with van der Waals surface area (Å²) in [6.07, 6.45) is 5.07. The van der Waals surface area contributed by atoms with Crippen molar-refractivity contribution in [3.8, 4) is 0 Å². The van der Waals surface area contributed by atoms with Crippen molar-refractivity contribution in [3.05, 3.63) is 24.3 Å². The van der Waals surface area contributed by atoms with Crippen LogP contribution in [0.3, 0.4) is 0 Å². The Kier molecular flexibility index (Phi) is 3.67. The van der Waals surface area contributed by atoms with E-state index in [0.29, 0.717) is 11.8 Å². The average molecular weight is 272 g/mol. The van der Waals surface area contributed by atoms with Crippen LogP contribution in [0.1, 0.15) is 32.6 Å². The highest BCUT2D eigenvalue weighted by Crippen LogP contribution is 2.28. The predicted octanol–water partition coefficient (Wildman–Crippen LogP) is 2.82. The Hall–Kier alpha value is -1.91. The molecule has 0 radical (unpaired) electrons. The van der Waals surface area contributed by atoms with Gasteiger partial charge in [-0.1, -0.05) is 43.5 Å². The molecule has 5 nitrogen and oxygen atoms in total. The number of nitrogens with zero attached hydrogens (tertiary/aromatic N) is 3. The van der Waals surface area contributed by atoms with E-state index in [1.54, 1.807) is 0 Å². The molecule has 20 heavy (non-hydrogen) atoms. The SMILES string of the molecule is CC1CCCCC1CNC(=O)n1nnc2ccccc21. The predicted molar refractivity (Wildman–Crippen MR) is 77.4 cm³/mol. The van der Waals surface area contributed by atoms with Crippen molar-refractivity contribution < 1.29 is 4.79 Å². The van der Waals surface area contributed by atoms with Gasteiger partial charge in [-0.15, -0.1) is 5.10 Å². The van der Waals surface area contributed by atoms with Gasteiger partial charge in [-0.25, -0.2) is 4.79 Å². The van der Waals surface area contributed by atoms with E-state index < -0.39 is 0 Å². The molecule has 1 fully saturated rings. The number of benzene rings is 1. The van der Waals surface area contributed by atoms with E-state index >= 15 is 0 Å². The Labute approximate surface area is 118 Å². The number of nitrogens with one attached hydrogen (secondary N) is 1. The van der Waals surface area contributed by atoms with Gasteiger partial charge in [0.25, 0.3) is 0 Å². The van der Waals surface area contributed by atoms with E-state index in [4.69, 9.17) is 0 Å².